The van der Waals surface area contributed by atoms with Crippen molar-refractivity contribution in [3.05, 3.63) is 45.2 Å². The fourth-order valence-corrected chi connectivity index (χ4v) is 2.76. The number of ether oxygens (including phenoxy) is 1. The summed E-state index contributed by atoms with van der Waals surface area (Å²) < 4.78 is 6.87. The summed E-state index contributed by atoms with van der Waals surface area (Å²) in [5.41, 5.74) is 0.411. The van der Waals surface area contributed by atoms with Crippen LogP contribution >= 0.6 is 11.6 Å². The molecule has 1 heterocycles. The quantitative estimate of drug-likeness (QED) is 0.596. The SMILES string of the molecule is CCCCCn1cc(C(=O)OCC)c(=O)c2cccc(Cl)c21. The topological polar surface area (TPSA) is 48.3 Å². The van der Waals surface area contributed by atoms with Crippen LogP contribution in [0.3, 0.4) is 0 Å². The minimum Gasteiger partial charge on any atom is -0.462 e. The van der Waals surface area contributed by atoms with Crippen LogP contribution < -0.4 is 5.43 Å². The zero-order valence-electron chi connectivity index (χ0n) is 12.9. The summed E-state index contributed by atoms with van der Waals surface area (Å²) in [7, 11) is 0. The average Bonchev–Trinajstić information content (AvgIpc) is 2.50. The van der Waals surface area contributed by atoms with E-state index in [4.69, 9.17) is 16.3 Å². The van der Waals surface area contributed by atoms with E-state index in [-0.39, 0.29) is 17.6 Å². The van der Waals surface area contributed by atoms with Gasteiger partial charge in [0, 0.05) is 18.1 Å². The molecule has 2 rings (SSSR count). The molecular formula is C17H20ClNO3. The van der Waals surface area contributed by atoms with E-state index in [1.807, 2.05) is 4.57 Å². The van der Waals surface area contributed by atoms with Crippen molar-refractivity contribution in [3.63, 3.8) is 0 Å². The lowest BCUT2D eigenvalue weighted by Gasteiger charge is -2.14. The fourth-order valence-electron chi connectivity index (χ4n) is 2.48. The number of pyridine rings is 1. The van der Waals surface area contributed by atoms with Crippen molar-refractivity contribution in [1.82, 2.24) is 4.57 Å². The van der Waals surface area contributed by atoms with Gasteiger partial charge in [-0.15, -0.1) is 0 Å². The maximum Gasteiger partial charge on any atom is 0.343 e. The molecule has 5 heteroatoms. The van der Waals surface area contributed by atoms with E-state index in [0.29, 0.717) is 22.5 Å². The molecule has 0 aliphatic carbocycles. The highest BCUT2D eigenvalue weighted by Crippen LogP contribution is 2.22. The average molecular weight is 322 g/mol. The number of carbonyl (C=O) groups excluding carboxylic acids is 1. The Morgan fingerprint density at radius 2 is 2.05 bits per heavy atom. The second-order valence-corrected chi connectivity index (χ2v) is 5.54. The van der Waals surface area contributed by atoms with Crippen molar-refractivity contribution in [2.45, 2.75) is 39.7 Å². The van der Waals surface area contributed by atoms with Gasteiger partial charge in [-0.2, -0.15) is 0 Å². The lowest BCUT2D eigenvalue weighted by atomic mass is 10.1. The molecule has 0 radical (unpaired) electrons. The smallest absolute Gasteiger partial charge is 0.343 e. The van der Waals surface area contributed by atoms with Gasteiger partial charge in [-0.3, -0.25) is 4.79 Å². The predicted octanol–water partition coefficient (Wildman–Crippen LogP) is 4.02. The molecule has 0 aliphatic rings. The van der Waals surface area contributed by atoms with E-state index in [1.54, 1.807) is 31.3 Å². The molecule has 0 N–H and O–H groups in total. The van der Waals surface area contributed by atoms with E-state index < -0.39 is 5.97 Å². The summed E-state index contributed by atoms with van der Waals surface area (Å²) in [5.74, 6) is -0.585. The number of halogens is 1. The van der Waals surface area contributed by atoms with E-state index >= 15 is 0 Å². The first kappa shape index (κ1) is 16.6. The van der Waals surface area contributed by atoms with Crippen LogP contribution in [0.1, 0.15) is 43.5 Å². The molecule has 0 aliphatic heterocycles. The second-order valence-electron chi connectivity index (χ2n) is 5.13. The minimum absolute atomic E-state index is 0.0631. The molecule has 1 aromatic heterocycles. The molecule has 0 amide bonds. The van der Waals surface area contributed by atoms with E-state index in [1.165, 1.54) is 0 Å². The van der Waals surface area contributed by atoms with Crippen LogP contribution in [0.15, 0.2) is 29.2 Å². The summed E-state index contributed by atoms with van der Waals surface area (Å²) in [6, 6.07) is 5.17. The molecule has 0 fully saturated rings. The van der Waals surface area contributed by atoms with Crippen LogP contribution in [0.2, 0.25) is 5.02 Å². The fraction of sp³-hybridized carbons (Fsp3) is 0.412. The number of esters is 1. The predicted molar refractivity (Wildman–Crippen MR) is 88.7 cm³/mol. The summed E-state index contributed by atoms with van der Waals surface area (Å²) >= 11 is 6.26. The van der Waals surface area contributed by atoms with Gasteiger partial charge < -0.3 is 9.30 Å². The van der Waals surface area contributed by atoms with Gasteiger partial charge in [0.25, 0.3) is 0 Å². The zero-order valence-corrected chi connectivity index (χ0v) is 13.7. The van der Waals surface area contributed by atoms with Gasteiger partial charge in [0.15, 0.2) is 0 Å². The van der Waals surface area contributed by atoms with Gasteiger partial charge in [0.2, 0.25) is 5.43 Å². The van der Waals surface area contributed by atoms with Gasteiger partial charge in [-0.05, 0) is 25.5 Å². The van der Waals surface area contributed by atoms with Crippen LogP contribution in [-0.4, -0.2) is 17.1 Å². The normalized spacial score (nSPS) is 10.9. The number of hydrogen-bond acceptors (Lipinski definition) is 3. The number of fused-ring (bicyclic) bond motifs is 1. The molecule has 4 nitrogen and oxygen atoms in total. The minimum atomic E-state index is -0.585. The maximum absolute atomic E-state index is 12.5. The lowest BCUT2D eigenvalue weighted by molar-refractivity contribution is 0.0524. The molecule has 22 heavy (non-hydrogen) atoms. The number of para-hydroxylation sites is 1. The Morgan fingerprint density at radius 1 is 1.27 bits per heavy atom. The number of carbonyl (C=O) groups is 1. The molecular weight excluding hydrogens is 302 g/mol. The highest BCUT2D eigenvalue weighted by atomic mass is 35.5. The molecule has 0 spiro atoms. The first-order valence-electron chi connectivity index (χ1n) is 7.58. The highest BCUT2D eigenvalue weighted by molar-refractivity contribution is 6.35. The molecule has 118 valence electrons. The Hall–Kier alpha value is -1.81. The third kappa shape index (κ3) is 3.33. The number of aromatic nitrogens is 1. The Morgan fingerprint density at radius 3 is 2.73 bits per heavy atom. The number of benzene rings is 1. The standard InChI is InChI=1S/C17H20ClNO3/c1-3-5-6-10-19-11-13(17(21)22-4-2)16(20)12-8-7-9-14(18)15(12)19/h7-9,11H,3-6,10H2,1-2H3. The number of unbranched alkanes of at least 4 members (excludes halogenated alkanes) is 2. The molecule has 0 unspecified atom stereocenters. The van der Waals surface area contributed by atoms with E-state index in [9.17, 15) is 9.59 Å². The largest absolute Gasteiger partial charge is 0.462 e. The molecule has 0 bridgehead atoms. The van der Waals surface area contributed by atoms with Gasteiger partial charge >= 0.3 is 5.97 Å². The molecule has 1 aromatic carbocycles. The Balaban J connectivity index is 2.61. The van der Waals surface area contributed by atoms with Crippen molar-refractivity contribution >= 4 is 28.5 Å². The number of aryl methyl sites for hydroxylation is 1. The molecule has 0 saturated heterocycles. The first-order chi connectivity index (χ1) is 10.6. The Labute approximate surface area is 134 Å². The third-order valence-corrected chi connectivity index (χ3v) is 3.85. The number of hydrogen-bond donors (Lipinski definition) is 0. The maximum atomic E-state index is 12.5. The molecule has 0 saturated carbocycles. The van der Waals surface area contributed by atoms with Crippen LogP contribution in [0.5, 0.6) is 0 Å². The Bertz CT molecular complexity index is 736. The first-order valence-corrected chi connectivity index (χ1v) is 7.96. The Kier molecular flexibility index (Phi) is 5.61. The zero-order chi connectivity index (χ0) is 16.1. The van der Waals surface area contributed by atoms with E-state index in [2.05, 4.69) is 6.92 Å². The number of nitrogens with zero attached hydrogens (tertiary/aromatic N) is 1. The van der Waals surface area contributed by atoms with Crippen molar-refractivity contribution in [1.29, 1.82) is 0 Å². The van der Waals surface area contributed by atoms with Crippen molar-refractivity contribution in [2.75, 3.05) is 6.61 Å². The number of rotatable bonds is 6. The second kappa shape index (κ2) is 7.45. The van der Waals surface area contributed by atoms with Crippen LogP contribution in [0, 0.1) is 0 Å². The van der Waals surface area contributed by atoms with Gasteiger partial charge in [0.05, 0.1) is 17.1 Å². The molecule has 0 atom stereocenters. The van der Waals surface area contributed by atoms with Crippen molar-refractivity contribution < 1.29 is 9.53 Å². The van der Waals surface area contributed by atoms with E-state index in [0.717, 1.165) is 19.3 Å². The monoisotopic (exact) mass is 321 g/mol. The van der Waals surface area contributed by atoms with Crippen LogP contribution in [0.25, 0.3) is 10.9 Å². The summed E-state index contributed by atoms with van der Waals surface area (Å²) in [5, 5.41) is 0.969. The van der Waals surface area contributed by atoms with Crippen molar-refractivity contribution in [2.24, 2.45) is 0 Å². The van der Waals surface area contributed by atoms with Gasteiger partial charge in [-0.25, -0.2) is 4.79 Å². The summed E-state index contributed by atoms with van der Waals surface area (Å²) in [6.45, 7) is 4.79. The van der Waals surface area contributed by atoms with Gasteiger partial charge in [-0.1, -0.05) is 37.4 Å². The highest BCUT2D eigenvalue weighted by Gasteiger charge is 2.17. The van der Waals surface area contributed by atoms with Gasteiger partial charge in [0.1, 0.15) is 5.56 Å². The van der Waals surface area contributed by atoms with Crippen LogP contribution in [0.4, 0.5) is 0 Å². The third-order valence-electron chi connectivity index (χ3n) is 3.55. The lowest BCUT2D eigenvalue weighted by Crippen LogP contribution is -2.21. The van der Waals surface area contributed by atoms with Crippen LogP contribution in [-0.2, 0) is 11.3 Å². The van der Waals surface area contributed by atoms with Crippen molar-refractivity contribution in [3.8, 4) is 0 Å². The molecule has 2 aromatic rings. The summed E-state index contributed by atoms with van der Waals surface area (Å²) in [6.07, 6.45) is 4.70. The summed E-state index contributed by atoms with van der Waals surface area (Å²) in [4.78, 5) is 24.5.